The van der Waals surface area contributed by atoms with Crippen LogP contribution in [-0.2, 0) is 0 Å². The van der Waals surface area contributed by atoms with Gasteiger partial charge in [0.25, 0.3) is 0 Å². The number of rotatable bonds is 4. The van der Waals surface area contributed by atoms with Crippen molar-refractivity contribution >= 4 is 17.6 Å². The Bertz CT molecular complexity index is 326. The minimum Gasteiger partial charge on any atom is -0.370 e. The van der Waals surface area contributed by atoms with Crippen LogP contribution in [0.25, 0.3) is 0 Å². The van der Waals surface area contributed by atoms with E-state index in [1.807, 2.05) is 12.3 Å². The molecule has 0 bridgehead atoms. The Kier molecular flexibility index (Phi) is 4.42. The molecule has 0 atom stereocenters. The molecule has 1 aromatic rings. The SMILES string of the molecule is CSc1cc(NCC2CCNCC2)ncn1. The summed E-state index contributed by atoms with van der Waals surface area (Å²) in [5, 5.41) is 7.79. The molecular weight excluding hydrogens is 220 g/mol. The molecule has 2 N–H and O–H groups in total. The van der Waals surface area contributed by atoms with E-state index in [1.54, 1.807) is 18.1 Å². The van der Waals surface area contributed by atoms with E-state index in [2.05, 4.69) is 20.6 Å². The Morgan fingerprint density at radius 1 is 1.44 bits per heavy atom. The van der Waals surface area contributed by atoms with Gasteiger partial charge >= 0.3 is 0 Å². The molecule has 0 aromatic carbocycles. The molecular formula is C11H18N4S. The molecule has 0 amide bonds. The van der Waals surface area contributed by atoms with Crippen molar-refractivity contribution < 1.29 is 0 Å². The van der Waals surface area contributed by atoms with Gasteiger partial charge in [0, 0.05) is 12.6 Å². The number of hydrogen-bond acceptors (Lipinski definition) is 5. The summed E-state index contributed by atoms with van der Waals surface area (Å²) in [5.41, 5.74) is 0. The average molecular weight is 238 g/mol. The Hall–Kier alpha value is -0.810. The highest BCUT2D eigenvalue weighted by atomic mass is 32.2. The van der Waals surface area contributed by atoms with Crippen LogP contribution >= 0.6 is 11.8 Å². The van der Waals surface area contributed by atoms with Crippen molar-refractivity contribution in [3.63, 3.8) is 0 Å². The zero-order valence-corrected chi connectivity index (χ0v) is 10.4. The topological polar surface area (TPSA) is 49.8 Å². The van der Waals surface area contributed by atoms with Crippen LogP contribution in [0.5, 0.6) is 0 Å². The lowest BCUT2D eigenvalue weighted by molar-refractivity contribution is 0.389. The van der Waals surface area contributed by atoms with E-state index in [-0.39, 0.29) is 0 Å². The summed E-state index contributed by atoms with van der Waals surface area (Å²) in [6.07, 6.45) is 6.16. The molecule has 16 heavy (non-hydrogen) atoms. The highest BCUT2D eigenvalue weighted by Crippen LogP contribution is 2.16. The first-order valence-corrected chi connectivity index (χ1v) is 6.91. The summed E-state index contributed by atoms with van der Waals surface area (Å²) in [5.74, 6) is 1.71. The molecule has 1 fully saturated rings. The van der Waals surface area contributed by atoms with Crippen molar-refractivity contribution in [2.45, 2.75) is 17.9 Å². The third-order valence-electron chi connectivity index (χ3n) is 2.88. The van der Waals surface area contributed by atoms with Crippen LogP contribution in [0.1, 0.15) is 12.8 Å². The number of nitrogens with one attached hydrogen (secondary N) is 2. The lowest BCUT2D eigenvalue weighted by Gasteiger charge is -2.22. The van der Waals surface area contributed by atoms with Gasteiger partial charge in [-0.05, 0) is 38.1 Å². The minimum atomic E-state index is 0.772. The van der Waals surface area contributed by atoms with Crippen molar-refractivity contribution in [3.8, 4) is 0 Å². The second-order valence-electron chi connectivity index (χ2n) is 4.02. The number of nitrogens with zero attached hydrogens (tertiary/aromatic N) is 2. The monoisotopic (exact) mass is 238 g/mol. The van der Waals surface area contributed by atoms with E-state index in [9.17, 15) is 0 Å². The lowest BCUT2D eigenvalue weighted by Crippen LogP contribution is -2.31. The van der Waals surface area contributed by atoms with Crippen molar-refractivity contribution in [1.82, 2.24) is 15.3 Å². The smallest absolute Gasteiger partial charge is 0.130 e. The zero-order valence-electron chi connectivity index (χ0n) is 9.57. The van der Waals surface area contributed by atoms with Gasteiger partial charge in [0.1, 0.15) is 17.2 Å². The first kappa shape index (κ1) is 11.7. The first-order valence-electron chi connectivity index (χ1n) is 5.69. The van der Waals surface area contributed by atoms with Gasteiger partial charge < -0.3 is 10.6 Å². The summed E-state index contributed by atoms with van der Waals surface area (Å²) in [4.78, 5) is 8.38. The Labute approximate surface area is 101 Å². The van der Waals surface area contributed by atoms with Crippen LogP contribution < -0.4 is 10.6 Å². The van der Waals surface area contributed by atoms with E-state index < -0.39 is 0 Å². The number of anilines is 1. The minimum absolute atomic E-state index is 0.772. The van der Waals surface area contributed by atoms with Crippen LogP contribution in [0.4, 0.5) is 5.82 Å². The summed E-state index contributed by atoms with van der Waals surface area (Å²) < 4.78 is 0. The van der Waals surface area contributed by atoms with Crippen molar-refractivity contribution in [3.05, 3.63) is 12.4 Å². The number of thioether (sulfide) groups is 1. The zero-order chi connectivity index (χ0) is 11.2. The molecule has 1 aliphatic rings. The molecule has 0 radical (unpaired) electrons. The van der Waals surface area contributed by atoms with E-state index in [4.69, 9.17) is 0 Å². The number of aromatic nitrogens is 2. The highest BCUT2D eigenvalue weighted by Gasteiger charge is 2.12. The van der Waals surface area contributed by atoms with Crippen LogP contribution in [-0.4, -0.2) is 35.9 Å². The van der Waals surface area contributed by atoms with Crippen LogP contribution in [0, 0.1) is 5.92 Å². The van der Waals surface area contributed by atoms with E-state index in [1.165, 1.54) is 12.8 Å². The van der Waals surface area contributed by atoms with Gasteiger partial charge in [0.05, 0.1) is 0 Å². The Morgan fingerprint density at radius 3 is 3.00 bits per heavy atom. The molecule has 0 unspecified atom stereocenters. The summed E-state index contributed by atoms with van der Waals surface area (Å²) in [6, 6.07) is 2.01. The van der Waals surface area contributed by atoms with E-state index >= 15 is 0 Å². The normalized spacial score (nSPS) is 17.3. The van der Waals surface area contributed by atoms with Gasteiger partial charge in [-0.2, -0.15) is 0 Å². The summed E-state index contributed by atoms with van der Waals surface area (Å²) in [7, 11) is 0. The number of piperidine rings is 1. The Balaban J connectivity index is 1.83. The quantitative estimate of drug-likeness (QED) is 0.616. The largest absolute Gasteiger partial charge is 0.370 e. The molecule has 88 valence electrons. The van der Waals surface area contributed by atoms with Crippen LogP contribution in [0.2, 0.25) is 0 Å². The average Bonchev–Trinajstić information content (AvgIpc) is 2.38. The molecule has 1 saturated heterocycles. The molecule has 0 saturated carbocycles. The fraction of sp³-hybridized carbons (Fsp3) is 0.636. The fourth-order valence-electron chi connectivity index (χ4n) is 1.88. The first-order chi connectivity index (χ1) is 7.88. The molecule has 0 spiro atoms. The lowest BCUT2D eigenvalue weighted by atomic mass is 9.98. The molecule has 1 aliphatic heterocycles. The fourth-order valence-corrected chi connectivity index (χ4v) is 2.26. The van der Waals surface area contributed by atoms with Crippen molar-refractivity contribution in [2.75, 3.05) is 31.2 Å². The third kappa shape index (κ3) is 3.35. The molecule has 5 heteroatoms. The van der Waals surface area contributed by atoms with Gasteiger partial charge in [-0.25, -0.2) is 9.97 Å². The maximum absolute atomic E-state index is 4.22. The maximum atomic E-state index is 4.22. The van der Waals surface area contributed by atoms with Crippen LogP contribution in [0.3, 0.4) is 0 Å². The highest BCUT2D eigenvalue weighted by molar-refractivity contribution is 7.98. The predicted octanol–water partition coefficient (Wildman–Crippen LogP) is 1.61. The second kappa shape index (κ2) is 6.06. The van der Waals surface area contributed by atoms with Crippen LogP contribution in [0.15, 0.2) is 17.4 Å². The van der Waals surface area contributed by atoms with Gasteiger partial charge in [0.15, 0.2) is 0 Å². The van der Waals surface area contributed by atoms with Gasteiger partial charge in [-0.1, -0.05) is 0 Å². The standard InChI is InChI=1S/C11H18N4S/c1-16-11-6-10(14-8-15-11)13-7-9-2-4-12-5-3-9/h6,8-9,12H,2-5,7H2,1H3,(H,13,14,15). The van der Waals surface area contributed by atoms with E-state index in [0.29, 0.717) is 0 Å². The van der Waals surface area contributed by atoms with Gasteiger partial charge in [0.2, 0.25) is 0 Å². The Morgan fingerprint density at radius 2 is 2.25 bits per heavy atom. The third-order valence-corrected chi connectivity index (χ3v) is 3.52. The molecule has 0 aliphatic carbocycles. The molecule has 1 aromatic heterocycles. The molecule has 2 heterocycles. The maximum Gasteiger partial charge on any atom is 0.130 e. The second-order valence-corrected chi connectivity index (χ2v) is 4.85. The van der Waals surface area contributed by atoms with Gasteiger partial charge in [-0.15, -0.1) is 11.8 Å². The van der Waals surface area contributed by atoms with Crippen molar-refractivity contribution in [1.29, 1.82) is 0 Å². The van der Waals surface area contributed by atoms with Gasteiger partial charge in [-0.3, -0.25) is 0 Å². The summed E-state index contributed by atoms with van der Waals surface area (Å²) in [6.45, 7) is 3.31. The summed E-state index contributed by atoms with van der Waals surface area (Å²) >= 11 is 1.64. The molecule has 2 rings (SSSR count). The van der Waals surface area contributed by atoms with Crippen molar-refractivity contribution in [2.24, 2.45) is 5.92 Å². The predicted molar refractivity (Wildman–Crippen MR) is 67.9 cm³/mol. The van der Waals surface area contributed by atoms with E-state index in [0.717, 1.165) is 36.4 Å². The number of hydrogen-bond donors (Lipinski definition) is 2. The molecule has 4 nitrogen and oxygen atoms in total.